The SMILES string of the molecule is Cc1ccccc1C1NC(=O)N(C)c2ccccc21. The predicted molar refractivity (Wildman–Crippen MR) is 76.4 cm³/mol. The van der Waals surface area contributed by atoms with Crippen LogP contribution in [0.2, 0.25) is 0 Å². The summed E-state index contributed by atoms with van der Waals surface area (Å²) in [4.78, 5) is 13.7. The molecule has 1 aliphatic heterocycles. The van der Waals surface area contributed by atoms with Gasteiger partial charge in [0.2, 0.25) is 0 Å². The van der Waals surface area contributed by atoms with Gasteiger partial charge in [0.1, 0.15) is 0 Å². The van der Waals surface area contributed by atoms with Gasteiger partial charge >= 0.3 is 6.03 Å². The van der Waals surface area contributed by atoms with Crippen LogP contribution in [0.5, 0.6) is 0 Å². The number of benzene rings is 2. The molecule has 3 nitrogen and oxygen atoms in total. The Morgan fingerprint density at radius 2 is 1.63 bits per heavy atom. The summed E-state index contributed by atoms with van der Waals surface area (Å²) in [7, 11) is 1.79. The maximum Gasteiger partial charge on any atom is 0.322 e. The van der Waals surface area contributed by atoms with Crippen molar-refractivity contribution in [2.45, 2.75) is 13.0 Å². The lowest BCUT2D eigenvalue weighted by Gasteiger charge is -2.33. The number of urea groups is 1. The Morgan fingerprint density at radius 1 is 1.00 bits per heavy atom. The Kier molecular flexibility index (Phi) is 2.75. The first-order valence-electron chi connectivity index (χ1n) is 6.37. The third-order valence-electron chi connectivity index (χ3n) is 3.68. The van der Waals surface area contributed by atoms with Crippen molar-refractivity contribution < 1.29 is 4.79 Å². The van der Waals surface area contributed by atoms with Crippen LogP contribution in [0.25, 0.3) is 0 Å². The summed E-state index contributed by atoms with van der Waals surface area (Å²) in [6.07, 6.45) is 0. The summed E-state index contributed by atoms with van der Waals surface area (Å²) in [5.74, 6) is 0. The van der Waals surface area contributed by atoms with Crippen LogP contribution in [0.1, 0.15) is 22.7 Å². The number of hydrogen-bond acceptors (Lipinski definition) is 1. The van der Waals surface area contributed by atoms with Gasteiger partial charge in [-0.25, -0.2) is 4.79 Å². The lowest BCUT2D eigenvalue weighted by atomic mass is 9.92. The minimum atomic E-state index is -0.0684. The van der Waals surface area contributed by atoms with Crippen LogP contribution in [0.3, 0.4) is 0 Å². The molecule has 3 heteroatoms. The molecule has 0 aromatic heterocycles. The number of amides is 2. The lowest BCUT2D eigenvalue weighted by molar-refractivity contribution is 0.244. The van der Waals surface area contributed by atoms with Crippen molar-refractivity contribution in [3.63, 3.8) is 0 Å². The van der Waals surface area contributed by atoms with Gasteiger partial charge in [0.05, 0.1) is 11.7 Å². The molecule has 19 heavy (non-hydrogen) atoms. The molecule has 2 amide bonds. The Labute approximate surface area is 112 Å². The second-order valence-electron chi connectivity index (χ2n) is 4.86. The molecule has 0 radical (unpaired) electrons. The van der Waals surface area contributed by atoms with Gasteiger partial charge in [-0.2, -0.15) is 0 Å². The highest BCUT2D eigenvalue weighted by molar-refractivity contribution is 5.95. The minimum absolute atomic E-state index is 0.0630. The molecule has 0 fully saturated rings. The largest absolute Gasteiger partial charge is 0.327 e. The fourth-order valence-electron chi connectivity index (χ4n) is 2.60. The predicted octanol–water partition coefficient (Wildman–Crippen LogP) is 3.24. The van der Waals surface area contributed by atoms with Gasteiger partial charge in [0.25, 0.3) is 0 Å². The van der Waals surface area contributed by atoms with Crippen molar-refractivity contribution in [1.29, 1.82) is 0 Å². The summed E-state index contributed by atoms with van der Waals surface area (Å²) < 4.78 is 0. The highest BCUT2D eigenvalue weighted by Gasteiger charge is 2.29. The number of nitrogens with one attached hydrogen (secondary N) is 1. The molecule has 1 N–H and O–H groups in total. The third kappa shape index (κ3) is 1.87. The maximum atomic E-state index is 12.1. The van der Waals surface area contributed by atoms with Gasteiger partial charge < -0.3 is 5.32 Å². The minimum Gasteiger partial charge on any atom is -0.327 e. The first-order valence-corrected chi connectivity index (χ1v) is 6.37. The number of anilines is 1. The third-order valence-corrected chi connectivity index (χ3v) is 3.68. The average molecular weight is 252 g/mol. The Bertz CT molecular complexity index is 636. The summed E-state index contributed by atoms with van der Waals surface area (Å²) >= 11 is 0. The number of rotatable bonds is 1. The zero-order valence-electron chi connectivity index (χ0n) is 11.1. The van der Waals surface area contributed by atoms with Gasteiger partial charge in [-0.15, -0.1) is 0 Å². The van der Waals surface area contributed by atoms with E-state index in [4.69, 9.17) is 0 Å². The fraction of sp³-hybridized carbons (Fsp3) is 0.188. The molecule has 1 atom stereocenters. The smallest absolute Gasteiger partial charge is 0.322 e. The van der Waals surface area contributed by atoms with Crippen LogP contribution in [0.4, 0.5) is 10.5 Å². The Balaban J connectivity index is 2.16. The molecule has 0 spiro atoms. The van der Waals surface area contributed by atoms with Crippen molar-refractivity contribution >= 4 is 11.7 Å². The number of carbonyl (C=O) groups is 1. The molecule has 0 aliphatic carbocycles. The van der Waals surface area contributed by atoms with E-state index in [0.717, 1.165) is 16.8 Å². The molecule has 0 bridgehead atoms. The van der Waals surface area contributed by atoms with Gasteiger partial charge in [-0.3, -0.25) is 4.90 Å². The Morgan fingerprint density at radius 3 is 2.37 bits per heavy atom. The quantitative estimate of drug-likeness (QED) is 0.830. The maximum absolute atomic E-state index is 12.1. The summed E-state index contributed by atoms with van der Waals surface area (Å²) in [6.45, 7) is 2.07. The highest BCUT2D eigenvalue weighted by Crippen LogP contribution is 2.34. The van der Waals surface area contributed by atoms with Crippen LogP contribution >= 0.6 is 0 Å². The van der Waals surface area contributed by atoms with E-state index in [1.165, 1.54) is 5.56 Å². The van der Waals surface area contributed by atoms with Gasteiger partial charge in [0, 0.05) is 12.6 Å². The second kappa shape index (κ2) is 4.43. The van der Waals surface area contributed by atoms with Crippen molar-refractivity contribution in [1.82, 2.24) is 5.32 Å². The first-order chi connectivity index (χ1) is 9.18. The number of nitrogens with zero attached hydrogens (tertiary/aromatic N) is 1. The van der Waals surface area contributed by atoms with Gasteiger partial charge in [-0.05, 0) is 24.1 Å². The zero-order valence-corrected chi connectivity index (χ0v) is 11.1. The van der Waals surface area contributed by atoms with E-state index < -0.39 is 0 Å². The van der Waals surface area contributed by atoms with Crippen molar-refractivity contribution in [3.8, 4) is 0 Å². The van der Waals surface area contributed by atoms with Gasteiger partial charge in [0.15, 0.2) is 0 Å². The average Bonchev–Trinajstić information content (AvgIpc) is 2.44. The fourth-order valence-corrected chi connectivity index (χ4v) is 2.60. The molecule has 1 unspecified atom stereocenters. The van der Waals surface area contributed by atoms with E-state index in [9.17, 15) is 4.79 Å². The molecule has 3 rings (SSSR count). The van der Waals surface area contributed by atoms with E-state index in [1.54, 1.807) is 11.9 Å². The van der Waals surface area contributed by atoms with E-state index in [1.807, 2.05) is 30.3 Å². The van der Waals surface area contributed by atoms with Crippen LogP contribution in [-0.2, 0) is 0 Å². The van der Waals surface area contributed by atoms with Crippen LogP contribution in [0.15, 0.2) is 48.5 Å². The number of carbonyl (C=O) groups excluding carboxylic acids is 1. The summed E-state index contributed by atoms with van der Waals surface area (Å²) in [6, 6.07) is 16.1. The van der Waals surface area contributed by atoms with Crippen LogP contribution < -0.4 is 10.2 Å². The number of para-hydroxylation sites is 1. The lowest BCUT2D eigenvalue weighted by Crippen LogP contribution is -2.44. The highest BCUT2D eigenvalue weighted by atomic mass is 16.2. The molecule has 1 heterocycles. The monoisotopic (exact) mass is 252 g/mol. The summed E-state index contributed by atoms with van der Waals surface area (Å²) in [5, 5.41) is 3.07. The molecule has 0 saturated heterocycles. The second-order valence-corrected chi connectivity index (χ2v) is 4.86. The topological polar surface area (TPSA) is 32.3 Å². The van der Waals surface area contributed by atoms with Crippen LogP contribution in [-0.4, -0.2) is 13.1 Å². The normalized spacial score (nSPS) is 17.9. The number of aryl methyl sites for hydroxylation is 1. The molecule has 1 aliphatic rings. The molecule has 0 saturated carbocycles. The van der Waals surface area contributed by atoms with Crippen LogP contribution in [0, 0.1) is 6.92 Å². The standard InChI is InChI=1S/C16H16N2O/c1-11-7-3-4-8-12(11)15-13-9-5-6-10-14(13)18(2)16(19)17-15/h3-10,15H,1-2H3,(H,17,19). The van der Waals surface area contributed by atoms with Gasteiger partial charge in [-0.1, -0.05) is 42.5 Å². The van der Waals surface area contributed by atoms with E-state index in [-0.39, 0.29) is 12.1 Å². The van der Waals surface area contributed by atoms with Crippen molar-refractivity contribution in [3.05, 3.63) is 65.2 Å². The zero-order chi connectivity index (χ0) is 13.4. The molecule has 2 aromatic rings. The van der Waals surface area contributed by atoms with Crippen molar-refractivity contribution in [2.75, 3.05) is 11.9 Å². The first kappa shape index (κ1) is 11.8. The van der Waals surface area contributed by atoms with E-state index in [0.29, 0.717) is 0 Å². The molecule has 2 aromatic carbocycles. The van der Waals surface area contributed by atoms with E-state index >= 15 is 0 Å². The molecular formula is C16H16N2O. The number of hydrogen-bond donors (Lipinski definition) is 1. The van der Waals surface area contributed by atoms with Crippen molar-refractivity contribution in [2.24, 2.45) is 0 Å². The molecule has 96 valence electrons. The Hall–Kier alpha value is -2.29. The molecular weight excluding hydrogens is 236 g/mol. The number of fused-ring (bicyclic) bond motifs is 1. The van der Waals surface area contributed by atoms with E-state index in [2.05, 4.69) is 30.4 Å². The summed E-state index contributed by atoms with van der Waals surface area (Å²) in [5.41, 5.74) is 4.45.